The lowest BCUT2D eigenvalue weighted by Gasteiger charge is -2.31. The molecule has 3 aromatic rings. The Morgan fingerprint density at radius 1 is 1.06 bits per heavy atom. The number of carbonyl (C=O) groups is 1. The van der Waals surface area contributed by atoms with Gasteiger partial charge in [-0.25, -0.2) is 0 Å². The molecule has 3 heterocycles. The molecule has 32 heavy (non-hydrogen) atoms. The summed E-state index contributed by atoms with van der Waals surface area (Å²) in [6.07, 6.45) is 5.00. The van der Waals surface area contributed by atoms with Crippen molar-refractivity contribution in [3.05, 3.63) is 48.4 Å². The fourth-order valence-corrected chi connectivity index (χ4v) is 3.76. The molecule has 0 spiro atoms. The number of carbonyl (C=O) groups excluding carboxylic acids is 1. The van der Waals surface area contributed by atoms with Gasteiger partial charge in [0.25, 0.3) is 5.91 Å². The molecule has 1 amide bonds. The number of nitrogens with one attached hydrogen (secondary N) is 1. The number of methoxy groups -OCH3 is 3. The number of hydrogen-bond acceptors (Lipinski definition) is 7. The molecular formula is C23H26N4O5. The van der Waals surface area contributed by atoms with E-state index in [4.69, 9.17) is 18.9 Å². The van der Waals surface area contributed by atoms with E-state index >= 15 is 0 Å². The summed E-state index contributed by atoms with van der Waals surface area (Å²) in [6, 6.07) is 9.07. The number of amides is 1. The smallest absolute Gasteiger partial charge is 0.271 e. The maximum Gasteiger partial charge on any atom is 0.271 e. The van der Waals surface area contributed by atoms with Crippen LogP contribution in [0.25, 0.3) is 11.3 Å². The van der Waals surface area contributed by atoms with E-state index in [-0.39, 0.29) is 12.0 Å². The van der Waals surface area contributed by atoms with Gasteiger partial charge in [-0.1, -0.05) is 0 Å². The average Bonchev–Trinajstić information content (AvgIpc) is 3.34. The van der Waals surface area contributed by atoms with Gasteiger partial charge in [-0.15, -0.1) is 0 Å². The largest absolute Gasteiger partial charge is 0.493 e. The summed E-state index contributed by atoms with van der Waals surface area (Å²) in [7, 11) is 4.67. The van der Waals surface area contributed by atoms with Crippen molar-refractivity contribution in [1.82, 2.24) is 20.1 Å². The highest BCUT2D eigenvalue weighted by Crippen LogP contribution is 2.40. The number of aromatic nitrogens is 3. The number of aromatic amines is 1. The van der Waals surface area contributed by atoms with Gasteiger partial charge in [-0.2, -0.15) is 5.10 Å². The molecule has 0 unspecified atom stereocenters. The van der Waals surface area contributed by atoms with E-state index in [1.165, 1.54) is 0 Å². The van der Waals surface area contributed by atoms with Crippen molar-refractivity contribution in [2.75, 3.05) is 34.4 Å². The molecule has 0 atom stereocenters. The lowest BCUT2D eigenvalue weighted by Crippen LogP contribution is -2.41. The van der Waals surface area contributed by atoms with Gasteiger partial charge in [0, 0.05) is 37.7 Å². The number of likely N-dealkylation sites (tertiary alicyclic amines) is 1. The topological polar surface area (TPSA) is 98.8 Å². The summed E-state index contributed by atoms with van der Waals surface area (Å²) < 4.78 is 22.1. The summed E-state index contributed by atoms with van der Waals surface area (Å²) >= 11 is 0. The minimum Gasteiger partial charge on any atom is -0.493 e. The number of rotatable bonds is 7. The second kappa shape index (κ2) is 9.59. The maximum absolute atomic E-state index is 13.0. The van der Waals surface area contributed by atoms with Crippen LogP contribution in [0.3, 0.4) is 0 Å². The zero-order valence-electron chi connectivity index (χ0n) is 18.3. The number of hydrogen-bond donors (Lipinski definition) is 1. The zero-order valence-corrected chi connectivity index (χ0v) is 18.3. The van der Waals surface area contributed by atoms with Crippen LogP contribution in [-0.2, 0) is 0 Å². The Hall–Kier alpha value is -3.75. The third-order valence-corrected chi connectivity index (χ3v) is 5.44. The standard InChI is InChI=1S/C23H26N4O5/c1-29-20-11-15(12-21(30-2)22(20)31-3)18-13-19(26-25-18)23(28)27-9-6-16(7-10-27)32-17-5-4-8-24-14-17/h4-5,8,11-14,16H,6-7,9-10H2,1-3H3,(H,25,26). The highest BCUT2D eigenvalue weighted by Gasteiger charge is 2.26. The Balaban J connectivity index is 1.43. The second-order valence-corrected chi connectivity index (χ2v) is 7.38. The van der Waals surface area contributed by atoms with E-state index in [0.29, 0.717) is 41.7 Å². The van der Waals surface area contributed by atoms with Crippen molar-refractivity contribution in [3.8, 4) is 34.3 Å². The molecule has 1 N–H and O–H groups in total. The van der Waals surface area contributed by atoms with E-state index in [1.807, 2.05) is 17.0 Å². The Bertz CT molecular complexity index is 1040. The van der Waals surface area contributed by atoms with Gasteiger partial charge < -0.3 is 23.8 Å². The van der Waals surface area contributed by atoms with Crippen LogP contribution in [0.4, 0.5) is 0 Å². The number of nitrogens with zero attached hydrogens (tertiary/aromatic N) is 3. The molecule has 9 nitrogen and oxygen atoms in total. The summed E-state index contributed by atoms with van der Waals surface area (Å²) in [5.74, 6) is 2.21. The number of ether oxygens (including phenoxy) is 4. The molecular weight excluding hydrogens is 412 g/mol. The van der Waals surface area contributed by atoms with Gasteiger partial charge in [0.15, 0.2) is 11.5 Å². The van der Waals surface area contributed by atoms with Gasteiger partial charge in [-0.05, 0) is 30.3 Å². The monoisotopic (exact) mass is 438 g/mol. The van der Waals surface area contributed by atoms with Crippen LogP contribution < -0.4 is 18.9 Å². The van der Waals surface area contributed by atoms with E-state index < -0.39 is 0 Å². The molecule has 0 aliphatic carbocycles. The highest BCUT2D eigenvalue weighted by molar-refractivity contribution is 5.93. The first-order valence-electron chi connectivity index (χ1n) is 10.3. The fraction of sp³-hybridized carbons (Fsp3) is 0.348. The Morgan fingerprint density at radius 2 is 1.78 bits per heavy atom. The zero-order chi connectivity index (χ0) is 22.5. The molecule has 0 saturated carbocycles. The molecule has 1 fully saturated rings. The maximum atomic E-state index is 13.0. The van der Waals surface area contributed by atoms with Crippen LogP contribution >= 0.6 is 0 Å². The Kier molecular flexibility index (Phi) is 6.44. The van der Waals surface area contributed by atoms with Crippen molar-refractivity contribution in [1.29, 1.82) is 0 Å². The molecule has 4 rings (SSSR count). The van der Waals surface area contributed by atoms with Crippen LogP contribution in [0.15, 0.2) is 42.7 Å². The fourth-order valence-electron chi connectivity index (χ4n) is 3.76. The van der Waals surface area contributed by atoms with E-state index in [9.17, 15) is 4.79 Å². The van der Waals surface area contributed by atoms with Gasteiger partial charge in [0.1, 0.15) is 17.5 Å². The molecule has 0 radical (unpaired) electrons. The Morgan fingerprint density at radius 3 is 2.38 bits per heavy atom. The van der Waals surface area contributed by atoms with Crippen molar-refractivity contribution in [2.45, 2.75) is 18.9 Å². The van der Waals surface area contributed by atoms with Crippen molar-refractivity contribution < 1.29 is 23.7 Å². The molecule has 1 aliphatic rings. The molecule has 2 aromatic heterocycles. The van der Waals surface area contributed by atoms with Crippen molar-refractivity contribution in [2.24, 2.45) is 0 Å². The third-order valence-electron chi connectivity index (χ3n) is 5.44. The predicted octanol–water partition coefficient (Wildman–Crippen LogP) is 3.18. The number of H-pyrrole nitrogens is 1. The molecule has 9 heteroatoms. The minimum atomic E-state index is -0.0870. The molecule has 168 valence electrons. The number of pyridine rings is 1. The van der Waals surface area contributed by atoms with Crippen LogP contribution in [0.2, 0.25) is 0 Å². The first-order chi connectivity index (χ1) is 15.6. The first-order valence-corrected chi connectivity index (χ1v) is 10.3. The van der Waals surface area contributed by atoms with Gasteiger partial charge >= 0.3 is 0 Å². The predicted molar refractivity (Wildman–Crippen MR) is 117 cm³/mol. The normalized spacial score (nSPS) is 14.2. The van der Waals surface area contributed by atoms with Crippen LogP contribution in [-0.4, -0.2) is 66.5 Å². The molecule has 1 saturated heterocycles. The van der Waals surface area contributed by atoms with E-state index in [0.717, 1.165) is 24.2 Å². The van der Waals surface area contributed by atoms with Gasteiger partial charge in [-0.3, -0.25) is 14.9 Å². The van der Waals surface area contributed by atoms with Gasteiger partial charge in [0.05, 0.1) is 33.2 Å². The number of benzene rings is 1. The van der Waals surface area contributed by atoms with E-state index in [2.05, 4.69) is 15.2 Å². The Labute approximate surface area is 186 Å². The summed E-state index contributed by atoms with van der Waals surface area (Å²) in [6.45, 7) is 1.23. The quantitative estimate of drug-likeness (QED) is 0.605. The number of piperidine rings is 1. The second-order valence-electron chi connectivity index (χ2n) is 7.38. The molecule has 1 aliphatic heterocycles. The van der Waals surface area contributed by atoms with Gasteiger partial charge in [0.2, 0.25) is 5.75 Å². The summed E-state index contributed by atoms with van der Waals surface area (Å²) in [4.78, 5) is 18.9. The van der Waals surface area contributed by atoms with Crippen LogP contribution in [0.1, 0.15) is 23.3 Å². The molecule has 0 bridgehead atoms. The highest BCUT2D eigenvalue weighted by atomic mass is 16.5. The SMILES string of the molecule is COc1cc(-c2cc(C(=O)N3CCC(Oc4cccnc4)CC3)[nH]n2)cc(OC)c1OC. The lowest BCUT2D eigenvalue weighted by molar-refractivity contribution is 0.0589. The van der Waals surface area contributed by atoms with Crippen LogP contribution in [0, 0.1) is 0 Å². The summed E-state index contributed by atoms with van der Waals surface area (Å²) in [5, 5.41) is 7.19. The first kappa shape index (κ1) is 21.5. The third kappa shape index (κ3) is 4.46. The average molecular weight is 438 g/mol. The lowest BCUT2D eigenvalue weighted by atomic mass is 10.1. The van der Waals surface area contributed by atoms with Crippen molar-refractivity contribution >= 4 is 5.91 Å². The summed E-state index contributed by atoms with van der Waals surface area (Å²) in [5.41, 5.74) is 1.79. The van der Waals surface area contributed by atoms with E-state index in [1.54, 1.807) is 51.9 Å². The minimum absolute atomic E-state index is 0.0693. The van der Waals surface area contributed by atoms with Crippen molar-refractivity contribution in [3.63, 3.8) is 0 Å². The molecule has 1 aromatic carbocycles. The van der Waals surface area contributed by atoms with Crippen LogP contribution in [0.5, 0.6) is 23.0 Å².